The summed E-state index contributed by atoms with van der Waals surface area (Å²) in [6.07, 6.45) is 1.08. The van der Waals surface area contributed by atoms with Crippen LogP contribution in [0.25, 0.3) is 0 Å². The van der Waals surface area contributed by atoms with Gasteiger partial charge in [-0.25, -0.2) is 4.79 Å². The normalized spacial score (nSPS) is 17.3. The molecule has 24 heavy (non-hydrogen) atoms. The lowest BCUT2D eigenvalue weighted by Gasteiger charge is -2.24. The first kappa shape index (κ1) is 20.8. The molecule has 8 heteroatoms. The van der Waals surface area contributed by atoms with Crippen LogP contribution in [0.1, 0.15) is 28.3 Å². The molecular formula is C16H26IN3O4. The number of nitrogens with zero attached hydrogens (tertiary/aromatic N) is 2. The van der Waals surface area contributed by atoms with Gasteiger partial charge in [0.15, 0.2) is 5.96 Å². The van der Waals surface area contributed by atoms with E-state index in [2.05, 4.69) is 15.2 Å². The fourth-order valence-electron chi connectivity index (χ4n) is 2.70. The summed E-state index contributed by atoms with van der Waals surface area (Å²) in [6, 6.07) is 1.70. The van der Waals surface area contributed by atoms with Gasteiger partial charge in [0.1, 0.15) is 17.1 Å². The molecule has 1 unspecified atom stereocenters. The van der Waals surface area contributed by atoms with Crippen LogP contribution in [0, 0.1) is 12.8 Å². The van der Waals surface area contributed by atoms with E-state index in [1.54, 1.807) is 20.0 Å². The molecule has 136 valence electrons. The number of carbonyl (C=O) groups is 1. The van der Waals surface area contributed by atoms with E-state index in [1.807, 2.05) is 7.05 Å². The van der Waals surface area contributed by atoms with E-state index < -0.39 is 0 Å². The highest BCUT2D eigenvalue weighted by Gasteiger charge is 2.20. The first-order valence-corrected chi connectivity index (χ1v) is 7.72. The Morgan fingerprint density at radius 3 is 2.88 bits per heavy atom. The van der Waals surface area contributed by atoms with Crippen molar-refractivity contribution in [2.75, 3.05) is 41.0 Å². The number of furan rings is 1. The minimum absolute atomic E-state index is 0. The smallest absolute Gasteiger partial charge is 0.341 e. The summed E-state index contributed by atoms with van der Waals surface area (Å²) in [5.74, 6) is 2.16. The molecule has 0 bridgehead atoms. The molecule has 0 amide bonds. The van der Waals surface area contributed by atoms with Gasteiger partial charge in [-0.1, -0.05) is 0 Å². The van der Waals surface area contributed by atoms with E-state index in [0.29, 0.717) is 29.5 Å². The largest absolute Gasteiger partial charge is 0.465 e. The van der Waals surface area contributed by atoms with Crippen LogP contribution in [-0.2, 0) is 16.0 Å². The fraction of sp³-hybridized carbons (Fsp3) is 0.625. The molecule has 2 rings (SSSR count). The van der Waals surface area contributed by atoms with E-state index in [0.717, 1.165) is 32.1 Å². The Labute approximate surface area is 159 Å². The van der Waals surface area contributed by atoms with Crippen molar-refractivity contribution in [3.05, 3.63) is 23.2 Å². The number of rotatable bonds is 5. The van der Waals surface area contributed by atoms with Crippen LogP contribution in [0.15, 0.2) is 15.5 Å². The Morgan fingerprint density at radius 2 is 2.29 bits per heavy atom. The molecule has 1 saturated heterocycles. The van der Waals surface area contributed by atoms with E-state index in [4.69, 9.17) is 13.9 Å². The van der Waals surface area contributed by atoms with Crippen LogP contribution in [0.3, 0.4) is 0 Å². The number of guanidine groups is 1. The Morgan fingerprint density at radius 1 is 1.54 bits per heavy atom. The number of hydrogen-bond donors (Lipinski definition) is 1. The summed E-state index contributed by atoms with van der Waals surface area (Å²) in [7, 11) is 5.11. The molecule has 1 aliphatic rings. The van der Waals surface area contributed by atoms with Gasteiger partial charge < -0.3 is 24.1 Å². The van der Waals surface area contributed by atoms with Crippen LogP contribution >= 0.6 is 24.0 Å². The molecule has 0 aliphatic carbocycles. The number of hydrogen-bond acceptors (Lipinski definition) is 5. The maximum Gasteiger partial charge on any atom is 0.341 e. The van der Waals surface area contributed by atoms with E-state index in [1.165, 1.54) is 7.11 Å². The van der Waals surface area contributed by atoms with Gasteiger partial charge in [0, 0.05) is 33.2 Å². The van der Waals surface area contributed by atoms with Crippen molar-refractivity contribution in [2.24, 2.45) is 10.9 Å². The van der Waals surface area contributed by atoms with Gasteiger partial charge in [0.05, 0.1) is 20.3 Å². The summed E-state index contributed by atoms with van der Waals surface area (Å²) in [5.41, 5.74) is 0.454. The highest BCUT2D eigenvalue weighted by Crippen LogP contribution is 2.16. The molecule has 7 nitrogen and oxygen atoms in total. The molecule has 1 aromatic rings. The standard InChI is InChI=1S/C16H25N3O4.HI/c1-11-14(15(20)21-4)7-13(23-11)8-18-16(17-2)19(3)9-12-5-6-22-10-12;/h7,12H,5-6,8-10H2,1-4H3,(H,17,18);1H. The SMILES string of the molecule is CN=C(NCc1cc(C(=O)OC)c(C)o1)N(C)CC1CCOC1.I. The lowest BCUT2D eigenvalue weighted by atomic mass is 10.1. The average Bonchev–Trinajstić information content (AvgIpc) is 3.16. The molecule has 1 atom stereocenters. The minimum atomic E-state index is -0.389. The van der Waals surface area contributed by atoms with Crippen molar-refractivity contribution in [1.29, 1.82) is 0 Å². The third-order valence-corrected chi connectivity index (χ3v) is 3.92. The van der Waals surface area contributed by atoms with Gasteiger partial charge in [-0.2, -0.15) is 0 Å². The zero-order chi connectivity index (χ0) is 16.8. The molecule has 0 aromatic carbocycles. The second-order valence-electron chi connectivity index (χ2n) is 5.69. The lowest BCUT2D eigenvalue weighted by molar-refractivity contribution is 0.0599. The van der Waals surface area contributed by atoms with Gasteiger partial charge in [-0.3, -0.25) is 4.99 Å². The highest BCUT2D eigenvalue weighted by molar-refractivity contribution is 14.0. The Kier molecular flexibility index (Phi) is 8.54. The summed E-state index contributed by atoms with van der Waals surface area (Å²) in [4.78, 5) is 18.0. The molecule has 0 radical (unpaired) electrons. The van der Waals surface area contributed by atoms with Crippen LogP contribution in [-0.4, -0.2) is 57.8 Å². The summed E-state index contributed by atoms with van der Waals surface area (Å²) >= 11 is 0. The highest BCUT2D eigenvalue weighted by atomic mass is 127. The number of esters is 1. The monoisotopic (exact) mass is 451 g/mol. The summed E-state index contributed by atoms with van der Waals surface area (Å²) in [6.45, 7) is 4.74. The van der Waals surface area contributed by atoms with Crippen molar-refractivity contribution in [3.63, 3.8) is 0 Å². The van der Waals surface area contributed by atoms with Gasteiger partial charge in [0.25, 0.3) is 0 Å². The number of nitrogens with one attached hydrogen (secondary N) is 1. The van der Waals surface area contributed by atoms with Crippen molar-refractivity contribution in [3.8, 4) is 0 Å². The van der Waals surface area contributed by atoms with E-state index in [-0.39, 0.29) is 29.9 Å². The van der Waals surface area contributed by atoms with Crippen molar-refractivity contribution < 1.29 is 18.7 Å². The molecule has 1 N–H and O–H groups in total. The predicted octanol–water partition coefficient (Wildman–Crippen LogP) is 2.04. The third-order valence-electron chi connectivity index (χ3n) is 3.92. The predicted molar refractivity (Wildman–Crippen MR) is 102 cm³/mol. The first-order valence-electron chi connectivity index (χ1n) is 7.72. The molecular weight excluding hydrogens is 425 g/mol. The zero-order valence-corrected chi connectivity index (χ0v) is 17.0. The quantitative estimate of drug-likeness (QED) is 0.320. The molecule has 1 aliphatic heterocycles. The molecule has 2 heterocycles. The first-order chi connectivity index (χ1) is 11.0. The number of halogens is 1. The number of aryl methyl sites for hydroxylation is 1. The maximum absolute atomic E-state index is 11.6. The number of ether oxygens (including phenoxy) is 2. The van der Waals surface area contributed by atoms with Gasteiger partial charge in [-0.05, 0) is 19.4 Å². The van der Waals surface area contributed by atoms with Crippen molar-refractivity contribution in [2.45, 2.75) is 19.9 Å². The topological polar surface area (TPSA) is 76.3 Å². The van der Waals surface area contributed by atoms with Gasteiger partial charge in [0.2, 0.25) is 0 Å². The molecule has 0 saturated carbocycles. The molecule has 1 fully saturated rings. The van der Waals surface area contributed by atoms with Crippen LogP contribution in [0.4, 0.5) is 0 Å². The van der Waals surface area contributed by atoms with Crippen LogP contribution in [0.5, 0.6) is 0 Å². The Balaban J connectivity index is 0.00000288. The summed E-state index contributed by atoms with van der Waals surface area (Å²) in [5, 5.41) is 3.25. The minimum Gasteiger partial charge on any atom is -0.465 e. The molecule has 1 aromatic heterocycles. The van der Waals surface area contributed by atoms with Gasteiger partial charge in [-0.15, -0.1) is 24.0 Å². The summed E-state index contributed by atoms with van der Waals surface area (Å²) < 4.78 is 15.7. The number of aliphatic imine (C=N–C) groups is 1. The van der Waals surface area contributed by atoms with E-state index >= 15 is 0 Å². The second kappa shape index (κ2) is 9.87. The van der Waals surface area contributed by atoms with Crippen LogP contribution in [0.2, 0.25) is 0 Å². The number of carbonyl (C=O) groups excluding carboxylic acids is 1. The Hall–Kier alpha value is -1.29. The Bertz CT molecular complexity index is 568. The lowest BCUT2D eigenvalue weighted by Crippen LogP contribution is -2.41. The van der Waals surface area contributed by atoms with E-state index in [9.17, 15) is 4.79 Å². The second-order valence-corrected chi connectivity index (χ2v) is 5.69. The van der Waals surface area contributed by atoms with Crippen LogP contribution < -0.4 is 5.32 Å². The van der Waals surface area contributed by atoms with Gasteiger partial charge >= 0.3 is 5.97 Å². The third kappa shape index (κ3) is 5.37. The fourth-order valence-corrected chi connectivity index (χ4v) is 2.70. The maximum atomic E-state index is 11.6. The van der Waals surface area contributed by atoms with Crippen molar-refractivity contribution >= 4 is 35.9 Å². The number of methoxy groups -OCH3 is 1. The molecule has 0 spiro atoms. The van der Waals surface area contributed by atoms with Crippen molar-refractivity contribution in [1.82, 2.24) is 10.2 Å². The zero-order valence-electron chi connectivity index (χ0n) is 14.6. The average molecular weight is 451 g/mol.